The Kier molecular flexibility index (Phi) is 7.46. The Morgan fingerprint density at radius 1 is 1.12 bits per heavy atom. The molecule has 3 aromatic heterocycles. The summed E-state index contributed by atoms with van der Waals surface area (Å²) >= 11 is 0. The van der Waals surface area contributed by atoms with Crippen LogP contribution in [0, 0.1) is 0 Å². The fraction of sp³-hybridized carbons (Fsp3) is 0.522. The molecule has 0 radical (unpaired) electrons. The van der Waals surface area contributed by atoms with Gasteiger partial charge in [0.05, 0.1) is 17.4 Å². The molecular formula is C23H26F6N8O3. The molecule has 2 atom stereocenters. The number of carbonyl (C=O) groups excluding carboxylic acids is 1. The van der Waals surface area contributed by atoms with Crippen LogP contribution in [0.3, 0.4) is 0 Å². The maximum Gasteiger partial charge on any atom is 0.490 e. The van der Waals surface area contributed by atoms with Gasteiger partial charge >= 0.3 is 18.3 Å². The number of piperazine rings is 1. The zero-order chi connectivity index (χ0) is 29.6. The van der Waals surface area contributed by atoms with Crippen LogP contribution in [0.5, 0.6) is 0 Å². The Labute approximate surface area is 223 Å². The summed E-state index contributed by atoms with van der Waals surface area (Å²) in [6, 6.07) is 2.57. The van der Waals surface area contributed by atoms with Gasteiger partial charge in [0.2, 0.25) is 0 Å². The minimum atomic E-state index is -5.08. The molecule has 2 unspecified atom stereocenters. The summed E-state index contributed by atoms with van der Waals surface area (Å²) in [5, 5.41) is 20.8. The van der Waals surface area contributed by atoms with Crippen molar-refractivity contribution in [1.82, 2.24) is 29.7 Å². The minimum absolute atomic E-state index is 0.0915. The van der Waals surface area contributed by atoms with Crippen LogP contribution in [0.2, 0.25) is 0 Å². The predicted octanol–water partition coefficient (Wildman–Crippen LogP) is 3.53. The second kappa shape index (κ2) is 10.3. The lowest BCUT2D eigenvalue weighted by atomic mass is 9.93. The molecule has 3 aromatic rings. The van der Waals surface area contributed by atoms with E-state index in [0.717, 1.165) is 31.7 Å². The molecule has 3 N–H and O–H groups in total. The van der Waals surface area contributed by atoms with Crippen molar-refractivity contribution in [3.8, 4) is 0 Å². The number of rotatable bonds is 3. The third kappa shape index (κ3) is 6.13. The summed E-state index contributed by atoms with van der Waals surface area (Å²) in [7, 11) is 0. The number of nitrogens with one attached hydrogen (secondary N) is 2. The molecule has 11 nitrogen and oxygen atoms in total. The normalized spacial score (nSPS) is 19.4. The molecule has 3 aliphatic heterocycles. The topological polar surface area (TPSA) is 130 Å². The van der Waals surface area contributed by atoms with Crippen LogP contribution in [-0.2, 0) is 16.5 Å². The van der Waals surface area contributed by atoms with Gasteiger partial charge in [-0.25, -0.2) is 14.3 Å². The number of piperidine rings is 2. The van der Waals surface area contributed by atoms with Gasteiger partial charge in [-0.05, 0) is 39.7 Å². The van der Waals surface area contributed by atoms with E-state index in [4.69, 9.17) is 9.90 Å². The number of anilines is 2. The van der Waals surface area contributed by atoms with Crippen molar-refractivity contribution in [2.24, 2.45) is 0 Å². The summed E-state index contributed by atoms with van der Waals surface area (Å²) in [5.41, 5.74) is -1.86. The highest BCUT2D eigenvalue weighted by Crippen LogP contribution is 2.35. The highest BCUT2D eigenvalue weighted by molar-refractivity contribution is 6.08. The third-order valence-corrected chi connectivity index (χ3v) is 6.40. The number of carboxylic acid groups (broad SMARTS) is 1. The van der Waals surface area contributed by atoms with E-state index in [-0.39, 0.29) is 11.2 Å². The number of amides is 1. The highest BCUT2D eigenvalue weighted by Gasteiger charge is 2.40. The van der Waals surface area contributed by atoms with E-state index in [2.05, 4.69) is 30.7 Å². The lowest BCUT2D eigenvalue weighted by Crippen LogP contribution is -2.61. The van der Waals surface area contributed by atoms with E-state index >= 15 is 0 Å². The predicted molar refractivity (Wildman–Crippen MR) is 129 cm³/mol. The van der Waals surface area contributed by atoms with Crippen molar-refractivity contribution in [2.75, 3.05) is 23.3 Å². The number of fused-ring (bicyclic) bond motifs is 4. The molecule has 2 bridgehead atoms. The first kappa shape index (κ1) is 29.1. The number of alkyl halides is 6. The molecule has 1 amide bonds. The Bertz CT molecular complexity index is 1400. The maximum atomic E-state index is 13.6. The summed E-state index contributed by atoms with van der Waals surface area (Å²) in [4.78, 5) is 28.8. The lowest BCUT2D eigenvalue weighted by molar-refractivity contribution is -0.192. The van der Waals surface area contributed by atoms with Gasteiger partial charge in [0, 0.05) is 37.6 Å². The zero-order valence-corrected chi connectivity index (χ0v) is 21.5. The molecule has 0 saturated carbocycles. The second-order valence-corrected chi connectivity index (χ2v) is 10.4. The molecule has 0 spiro atoms. The number of hydrogen-bond donors (Lipinski definition) is 3. The molecule has 6 heterocycles. The Balaban J connectivity index is 0.000000470. The lowest BCUT2D eigenvalue weighted by Gasteiger charge is -2.46. The Hall–Kier alpha value is -3.89. The van der Waals surface area contributed by atoms with Crippen molar-refractivity contribution in [1.29, 1.82) is 0 Å². The number of carboxylic acids is 1. The quantitative estimate of drug-likeness (QED) is 0.404. The van der Waals surface area contributed by atoms with Gasteiger partial charge in [-0.1, -0.05) is 0 Å². The molecule has 0 aromatic carbocycles. The van der Waals surface area contributed by atoms with E-state index in [0.29, 0.717) is 12.1 Å². The number of nitrogens with zero attached hydrogens (tertiary/aromatic N) is 6. The van der Waals surface area contributed by atoms with E-state index in [1.165, 1.54) is 21.6 Å². The van der Waals surface area contributed by atoms with Gasteiger partial charge in [-0.3, -0.25) is 9.48 Å². The van der Waals surface area contributed by atoms with E-state index in [9.17, 15) is 31.1 Å². The smallest absolute Gasteiger partial charge is 0.475 e. The van der Waals surface area contributed by atoms with E-state index in [1.54, 1.807) is 27.0 Å². The molecule has 17 heteroatoms. The molecule has 3 fully saturated rings. The number of aliphatic carboxylic acids is 1. The van der Waals surface area contributed by atoms with Gasteiger partial charge < -0.3 is 20.6 Å². The van der Waals surface area contributed by atoms with Gasteiger partial charge in [-0.15, -0.1) is 0 Å². The third-order valence-electron chi connectivity index (χ3n) is 6.40. The summed E-state index contributed by atoms with van der Waals surface area (Å²) < 4.78 is 75.1. The average molecular weight is 577 g/mol. The van der Waals surface area contributed by atoms with Gasteiger partial charge in [0.15, 0.2) is 11.3 Å². The molecule has 6 rings (SSSR count). The summed E-state index contributed by atoms with van der Waals surface area (Å²) in [6.45, 7) is 6.88. The first-order chi connectivity index (χ1) is 18.4. The fourth-order valence-electron chi connectivity index (χ4n) is 4.38. The van der Waals surface area contributed by atoms with Gasteiger partial charge in [0.25, 0.3) is 5.91 Å². The minimum Gasteiger partial charge on any atom is -0.475 e. The van der Waals surface area contributed by atoms with Gasteiger partial charge in [0.1, 0.15) is 11.4 Å². The van der Waals surface area contributed by atoms with Crippen LogP contribution < -0.4 is 15.5 Å². The standard InChI is InChI=1S/C21H25F3N8O.C2HF3O2/c1-20(2,3)32-11-15(17(29-32)21(22,23)24)27-19(33)14-9-26-31-7-6-16(28-18(14)31)30-10-12-4-5-13(30)8-25-12;3-2(4,5)1(6)7/h6-7,9,11-13,25H,4-5,8,10H2,1-3H3,(H,27,33);(H,6,7). The first-order valence-corrected chi connectivity index (χ1v) is 12.1. The van der Waals surface area contributed by atoms with Crippen LogP contribution in [0.4, 0.5) is 37.8 Å². The molecule has 3 aliphatic rings. The summed E-state index contributed by atoms with van der Waals surface area (Å²) in [5.74, 6) is -2.76. The first-order valence-electron chi connectivity index (χ1n) is 12.1. The van der Waals surface area contributed by atoms with Crippen molar-refractivity contribution >= 4 is 29.0 Å². The fourth-order valence-corrected chi connectivity index (χ4v) is 4.38. The summed E-state index contributed by atoms with van der Waals surface area (Å²) in [6.07, 6.45) is -3.39. The van der Waals surface area contributed by atoms with Crippen molar-refractivity contribution in [3.63, 3.8) is 0 Å². The zero-order valence-electron chi connectivity index (χ0n) is 21.5. The van der Waals surface area contributed by atoms with E-state index < -0.39 is 41.1 Å². The van der Waals surface area contributed by atoms with Crippen LogP contribution in [0.25, 0.3) is 5.65 Å². The van der Waals surface area contributed by atoms with Gasteiger partial charge in [-0.2, -0.15) is 36.5 Å². The number of hydrogen-bond acceptors (Lipinski definition) is 7. The molecule has 3 saturated heterocycles. The average Bonchev–Trinajstić information content (AvgIpc) is 3.48. The second-order valence-electron chi connectivity index (χ2n) is 10.4. The Morgan fingerprint density at radius 2 is 1.80 bits per heavy atom. The van der Waals surface area contributed by atoms with Crippen LogP contribution in [0.15, 0.2) is 24.7 Å². The molecular weight excluding hydrogens is 550 g/mol. The van der Waals surface area contributed by atoms with Crippen molar-refractivity contribution in [2.45, 2.75) is 63.6 Å². The number of halogens is 6. The highest BCUT2D eigenvalue weighted by atomic mass is 19.4. The van der Waals surface area contributed by atoms with Crippen LogP contribution in [0.1, 0.15) is 49.7 Å². The Morgan fingerprint density at radius 3 is 2.30 bits per heavy atom. The van der Waals surface area contributed by atoms with Crippen molar-refractivity contribution in [3.05, 3.63) is 35.9 Å². The van der Waals surface area contributed by atoms with Crippen molar-refractivity contribution < 1.29 is 41.0 Å². The number of aromatic nitrogens is 5. The number of carbonyl (C=O) groups is 2. The molecule has 40 heavy (non-hydrogen) atoms. The maximum absolute atomic E-state index is 13.6. The van der Waals surface area contributed by atoms with Crippen LogP contribution in [-0.4, -0.2) is 72.7 Å². The largest absolute Gasteiger partial charge is 0.490 e. The van der Waals surface area contributed by atoms with E-state index in [1.807, 2.05) is 6.07 Å². The molecule has 218 valence electrons. The van der Waals surface area contributed by atoms with Crippen LogP contribution >= 0.6 is 0 Å². The monoisotopic (exact) mass is 576 g/mol. The molecule has 0 aliphatic carbocycles. The SMILES string of the molecule is CC(C)(C)n1cc(NC(=O)c2cnn3ccc(N4CC5CCC4CN5)nc23)c(C(F)(F)F)n1.O=C(O)C(F)(F)F.